The molecule has 6 heteroatoms. The molecule has 2 aliphatic rings. The first kappa shape index (κ1) is 15.9. The average molecular weight is 324 g/mol. The summed E-state index contributed by atoms with van der Waals surface area (Å²) in [7, 11) is -3.16. The quantitative estimate of drug-likeness (QED) is 0.880. The SMILES string of the molecule is CS(=O)(=O)NC[C@@H]1OC[C@H]2CCN(Cc3ccccc3)C[C@H]21. The van der Waals surface area contributed by atoms with Crippen LogP contribution >= 0.6 is 0 Å². The molecule has 5 nitrogen and oxygen atoms in total. The Bertz CT molecular complexity index is 591. The van der Waals surface area contributed by atoms with Gasteiger partial charge in [-0.25, -0.2) is 13.1 Å². The summed E-state index contributed by atoms with van der Waals surface area (Å²) in [5, 5.41) is 0. The van der Waals surface area contributed by atoms with Crippen LogP contribution in [-0.4, -0.2) is 51.9 Å². The summed E-state index contributed by atoms with van der Waals surface area (Å²) in [6.45, 7) is 4.18. The molecule has 22 heavy (non-hydrogen) atoms. The number of likely N-dealkylation sites (tertiary alicyclic amines) is 1. The zero-order valence-corrected chi connectivity index (χ0v) is 13.8. The molecule has 0 bridgehead atoms. The average Bonchev–Trinajstić information content (AvgIpc) is 2.88. The fourth-order valence-electron chi connectivity index (χ4n) is 3.53. The lowest BCUT2D eigenvalue weighted by Gasteiger charge is -2.36. The molecule has 1 aromatic carbocycles. The Kier molecular flexibility index (Phi) is 4.82. The minimum absolute atomic E-state index is 0.00158. The molecule has 3 atom stereocenters. The second-order valence-corrected chi connectivity index (χ2v) is 8.26. The number of benzene rings is 1. The summed E-state index contributed by atoms with van der Waals surface area (Å²) >= 11 is 0. The summed E-state index contributed by atoms with van der Waals surface area (Å²) in [5.41, 5.74) is 1.32. The van der Waals surface area contributed by atoms with Crippen LogP contribution < -0.4 is 4.72 Å². The van der Waals surface area contributed by atoms with Crippen molar-refractivity contribution >= 4 is 10.0 Å². The standard InChI is InChI=1S/C16H24N2O3S/c1-22(19,20)17-9-16-15-11-18(8-7-14(15)12-21-16)10-13-5-3-2-4-6-13/h2-6,14-17H,7-12H2,1H3/t14-,15-,16+/m1/s1. The molecule has 0 aromatic heterocycles. The van der Waals surface area contributed by atoms with Crippen LogP contribution in [0.4, 0.5) is 0 Å². The molecule has 0 amide bonds. The molecule has 2 aliphatic heterocycles. The number of ether oxygens (including phenoxy) is 1. The Balaban J connectivity index is 1.58. The van der Waals surface area contributed by atoms with Crippen LogP contribution in [0.2, 0.25) is 0 Å². The van der Waals surface area contributed by atoms with Crippen LogP contribution in [0.3, 0.4) is 0 Å². The monoisotopic (exact) mass is 324 g/mol. The third kappa shape index (κ3) is 4.07. The molecule has 2 saturated heterocycles. The van der Waals surface area contributed by atoms with Crippen LogP contribution in [0.15, 0.2) is 30.3 Å². The van der Waals surface area contributed by atoms with Gasteiger partial charge >= 0.3 is 0 Å². The van der Waals surface area contributed by atoms with Gasteiger partial charge in [-0.3, -0.25) is 4.90 Å². The first-order valence-corrected chi connectivity index (χ1v) is 9.73. The van der Waals surface area contributed by atoms with Gasteiger partial charge in [-0.2, -0.15) is 0 Å². The Morgan fingerprint density at radius 1 is 1.32 bits per heavy atom. The van der Waals surface area contributed by atoms with Gasteiger partial charge in [0.25, 0.3) is 0 Å². The number of nitrogens with zero attached hydrogens (tertiary/aromatic N) is 1. The lowest BCUT2D eigenvalue weighted by molar-refractivity contribution is 0.0776. The largest absolute Gasteiger partial charge is 0.376 e. The molecule has 3 rings (SSSR count). The molecule has 0 aliphatic carbocycles. The number of rotatable bonds is 5. The van der Waals surface area contributed by atoms with Gasteiger partial charge in [0, 0.05) is 25.6 Å². The van der Waals surface area contributed by atoms with Crippen LogP contribution in [0, 0.1) is 11.8 Å². The smallest absolute Gasteiger partial charge is 0.208 e. The van der Waals surface area contributed by atoms with E-state index in [1.807, 2.05) is 6.07 Å². The third-order valence-electron chi connectivity index (χ3n) is 4.69. The molecule has 0 spiro atoms. The summed E-state index contributed by atoms with van der Waals surface area (Å²) in [5.74, 6) is 0.991. The van der Waals surface area contributed by atoms with E-state index in [-0.39, 0.29) is 6.10 Å². The van der Waals surface area contributed by atoms with Crippen LogP contribution in [-0.2, 0) is 21.3 Å². The Hall–Kier alpha value is -0.950. The molecule has 2 fully saturated rings. The van der Waals surface area contributed by atoms with E-state index < -0.39 is 10.0 Å². The maximum Gasteiger partial charge on any atom is 0.208 e. The predicted molar refractivity (Wildman–Crippen MR) is 85.9 cm³/mol. The molecule has 0 radical (unpaired) electrons. The predicted octanol–water partition coefficient (Wildman–Crippen LogP) is 1.07. The normalized spacial score (nSPS) is 29.4. The van der Waals surface area contributed by atoms with Crippen molar-refractivity contribution in [1.29, 1.82) is 0 Å². The van der Waals surface area contributed by atoms with Gasteiger partial charge in [0.2, 0.25) is 10.0 Å². The van der Waals surface area contributed by atoms with Crippen molar-refractivity contribution in [2.45, 2.75) is 19.1 Å². The zero-order chi connectivity index (χ0) is 15.6. The van der Waals surface area contributed by atoms with Crippen LogP contribution in [0.5, 0.6) is 0 Å². The van der Waals surface area contributed by atoms with Crippen molar-refractivity contribution < 1.29 is 13.2 Å². The number of nitrogens with one attached hydrogen (secondary N) is 1. The molecule has 2 heterocycles. The Morgan fingerprint density at radius 2 is 2.09 bits per heavy atom. The first-order valence-electron chi connectivity index (χ1n) is 7.84. The van der Waals surface area contributed by atoms with Gasteiger partial charge in [-0.05, 0) is 24.4 Å². The van der Waals surface area contributed by atoms with Crippen molar-refractivity contribution in [3.05, 3.63) is 35.9 Å². The lowest BCUT2D eigenvalue weighted by Crippen LogP contribution is -2.44. The number of sulfonamides is 1. The van der Waals surface area contributed by atoms with E-state index in [1.165, 1.54) is 11.8 Å². The van der Waals surface area contributed by atoms with Gasteiger partial charge in [0.05, 0.1) is 19.0 Å². The highest BCUT2D eigenvalue weighted by Crippen LogP contribution is 2.34. The highest BCUT2D eigenvalue weighted by molar-refractivity contribution is 7.88. The fraction of sp³-hybridized carbons (Fsp3) is 0.625. The van der Waals surface area contributed by atoms with Gasteiger partial charge < -0.3 is 4.74 Å². The van der Waals surface area contributed by atoms with Gasteiger partial charge in [0.15, 0.2) is 0 Å². The Labute approximate surface area is 132 Å². The topological polar surface area (TPSA) is 58.6 Å². The minimum atomic E-state index is -3.16. The van der Waals surface area contributed by atoms with Crippen molar-refractivity contribution in [1.82, 2.24) is 9.62 Å². The van der Waals surface area contributed by atoms with E-state index in [0.29, 0.717) is 18.4 Å². The maximum absolute atomic E-state index is 11.3. The molecule has 1 aromatic rings. The third-order valence-corrected chi connectivity index (χ3v) is 5.38. The fourth-order valence-corrected chi connectivity index (χ4v) is 4.00. The molecular weight excluding hydrogens is 300 g/mol. The highest BCUT2D eigenvalue weighted by Gasteiger charge is 2.40. The van der Waals surface area contributed by atoms with E-state index in [1.54, 1.807) is 0 Å². The zero-order valence-electron chi connectivity index (χ0n) is 12.9. The molecule has 0 saturated carbocycles. The molecule has 1 N–H and O–H groups in total. The second kappa shape index (κ2) is 6.66. The number of fused-ring (bicyclic) bond motifs is 1. The highest BCUT2D eigenvalue weighted by atomic mass is 32.2. The van der Waals surface area contributed by atoms with Crippen molar-refractivity contribution in [2.24, 2.45) is 11.8 Å². The van der Waals surface area contributed by atoms with Gasteiger partial charge in [-0.1, -0.05) is 30.3 Å². The molecule has 122 valence electrons. The number of piperidine rings is 1. The van der Waals surface area contributed by atoms with E-state index in [4.69, 9.17) is 4.74 Å². The van der Waals surface area contributed by atoms with E-state index in [2.05, 4.69) is 33.9 Å². The summed E-state index contributed by atoms with van der Waals surface area (Å²) in [6, 6.07) is 10.5. The first-order chi connectivity index (χ1) is 10.5. The maximum atomic E-state index is 11.3. The van der Waals surface area contributed by atoms with Gasteiger partial charge in [-0.15, -0.1) is 0 Å². The molecule has 0 unspecified atom stereocenters. The van der Waals surface area contributed by atoms with Crippen LogP contribution in [0.1, 0.15) is 12.0 Å². The van der Waals surface area contributed by atoms with E-state index in [9.17, 15) is 8.42 Å². The lowest BCUT2D eigenvalue weighted by atomic mass is 9.84. The summed E-state index contributed by atoms with van der Waals surface area (Å²) < 4.78 is 31.0. The number of hydrogen-bond acceptors (Lipinski definition) is 4. The van der Waals surface area contributed by atoms with Crippen molar-refractivity contribution in [3.63, 3.8) is 0 Å². The summed E-state index contributed by atoms with van der Waals surface area (Å²) in [6.07, 6.45) is 2.33. The Morgan fingerprint density at radius 3 is 2.82 bits per heavy atom. The van der Waals surface area contributed by atoms with Crippen molar-refractivity contribution in [2.75, 3.05) is 32.5 Å². The number of hydrogen-bond donors (Lipinski definition) is 1. The summed E-state index contributed by atoms with van der Waals surface area (Å²) in [4.78, 5) is 2.46. The molecular formula is C16H24N2O3S. The van der Waals surface area contributed by atoms with Crippen LogP contribution in [0.25, 0.3) is 0 Å². The van der Waals surface area contributed by atoms with E-state index >= 15 is 0 Å². The van der Waals surface area contributed by atoms with Gasteiger partial charge in [0.1, 0.15) is 0 Å². The minimum Gasteiger partial charge on any atom is -0.376 e. The van der Waals surface area contributed by atoms with E-state index in [0.717, 1.165) is 32.7 Å². The second-order valence-electron chi connectivity index (χ2n) is 6.43. The van der Waals surface area contributed by atoms with Crippen molar-refractivity contribution in [3.8, 4) is 0 Å².